The van der Waals surface area contributed by atoms with Crippen molar-refractivity contribution in [3.05, 3.63) is 30.1 Å². The van der Waals surface area contributed by atoms with Crippen LogP contribution in [0.3, 0.4) is 0 Å². The van der Waals surface area contributed by atoms with Gasteiger partial charge in [0.2, 0.25) is 0 Å². The van der Waals surface area contributed by atoms with E-state index in [1.807, 2.05) is 36.1 Å². The van der Waals surface area contributed by atoms with Gasteiger partial charge < -0.3 is 14.6 Å². The second-order valence-electron chi connectivity index (χ2n) is 4.68. The normalized spacial score (nSPS) is 10.8. The summed E-state index contributed by atoms with van der Waals surface area (Å²) in [6, 6.07) is 3.74. The molecule has 20 heavy (non-hydrogen) atoms. The van der Waals surface area contributed by atoms with E-state index in [1.165, 1.54) is 0 Å². The van der Waals surface area contributed by atoms with E-state index in [0.717, 1.165) is 36.3 Å². The van der Waals surface area contributed by atoms with Crippen LogP contribution < -0.4 is 4.74 Å². The van der Waals surface area contributed by atoms with Gasteiger partial charge >= 0.3 is 0 Å². The minimum Gasteiger partial charge on any atom is -0.504 e. The Balaban J connectivity index is 2.21. The van der Waals surface area contributed by atoms with Crippen LogP contribution in [0.5, 0.6) is 11.5 Å². The molecule has 0 unspecified atom stereocenters. The quantitative estimate of drug-likeness (QED) is 0.824. The monoisotopic (exact) mass is 276 g/mol. The molecule has 0 radical (unpaired) electrons. The average molecular weight is 276 g/mol. The molecule has 0 amide bonds. The molecule has 1 aromatic carbocycles. The maximum Gasteiger partial charge on any atom is 0.161 e. The van der Waals surface area contributed by atoms with Gasteiger partial charge in [-0.2, -0.15) is 5.10 Å². The third-order valence-corrected chi connectivity index (χ3v) is 3.19. The molecular weight excluding hydrogens is 256 g/mol. The van der Waals surface area contributed by atoms with Gasteiger partial charge in [0.05, 0.1) is 13.3 Å². The summed E-state index contributed by atoms with van der Waals surface area (Å²) in [4.78, 5) is 0. The fourth-order valence-electron chi connectivity index (χ4n) is 2.08. The highest BCUT2D eigenvalue weighted by Gasteiger charge is 2.10. The molecule has 0 aliphatic heterocycles. The standard InChI is InChI=1S/C15H20N2O3/c1-11-7-12(8-14(20-3)15(11)18)13-9-16-17(10-13)5-4-6-19-2/h7-10,18H,4-6H2,1-3H3. The molecule has 1 N–H and O–H groups in total. The highest BCUT2D eigenvalue weighted by molar-refractivity contribution is 5.67. The number of ether oxygens (including phenoxy) is 2. The van der Waals surface area contributed by atoms with Crippen molar-refractivity contribution in [3.8, 4) is 22.6 Å². The van der Waals surface area contributed by atoms with Crippen LogP contribution in [0.15, 0.2) is 24.5 Å². The zero-order valence-electron chi connectivity index (χ0n) is 12.1. The first-order valence-electron chi connectivity index (χ1n) is 6.55. The predicted molar refractivity (Wildman–Crippen MR) is 77.1 cm³/mol. The zero-order chi connectivity index (χ0) is 14.5. The number of methoxy groups -OCH3 is 2. The number of rotatable bonds is 6. The molecule has 0 saturated heterocycles. The van der Waals surface area contributed by atoms with Crippen LogP contribution in [0.25, 0.3) is 11.1 Å². The molecule has 0 aliphatic carbocycles. The van der Waals surface area contributed by atoms with E-state index < -0.39 is 0 Å². The van der Waals surface area contributed by atoms with E-state index in [4.69, 9.17) is 9.47 Å². The van der Waals surface area contributed by atoms with Gasteiger partial charge in [0.25, 0.3) is 0 Å². The maximum atomic E-state index is 9.86. The van der Waals surface area contributed by atoms with Crippen molar-refractivity contribution in [2.75, 3.05) is 20.8 Å². The molecule has 5 heteroatoms. The summed E-state index contributed by atoms with van der Waals surface area (Å²) in [5.74, 6) is 0.663. The Labute approximate surface area is 118 Å². The summed E-state index contributed by atoms with van der Waals surface area (Å²) >= 11 is 0. The number of phenolic OH excluding ortho intramolecular Hbond substituents is 1. The number of aryl methyl sites for hydroxylation is 2. The molecule has 2 aromatic rings. The van der Waals surface area contributed by atoms with Crippen LogP contribution in [-0.4, -0.2) is 35.7 Å². The lowest BCUT2D eigenvalue weighted by atomic mass is 10.1. The van der Waals surface area contributed by atoms with Gasteiger partial charge in [-0.1, -0.05) is 0 Å². The Morgan fingerprint density at radius 1 is 1.25 bits per heavy atom. The van der Waals surface area contributed by atoms with Crippen molar-refractivity contribution < 1.29 is 14.6 Å². The lowest BCUT2D eigenvalue weighted by Gasteiger charge is -2.08. The molecule has 0 atom stereocenters. The third-order valence-electron chi connectivity index (χ3n) is 3.19. The number of nitrogens with zero attached hydrogens (tertiary/aromatic N) is 2. The lowest BCUT2D eigenvalue weighted by Crippen LogP contribution is -2.01. The summed E-state index contributed by atoms with van der Waals surface area (Å²) in [5.41, 5.74) is 2.77. The maximum absolute atomic E-state index is 9.86. The summed E-state index contributed by atoms with van der Waals surface area (Å²) < 4.78 is 12.1. The number of hydrogen-bond donors (Lipinski definition) is 1. The molecule has 108 valence electrons. The number of benzene rings is 1. The van der Waals surface area contributed by atoms with E-state index in [9.17, 15) is 5.11 Å². The number of hydrogen-bond acceptors (Lipinski definition) is 4. The highest BCUT2D eigenvalue weighted by atomic mass is 16.5. The van der Waals surface area contributed by atoms with Crippen LogP contribution in [-0.2, 0) is 11.3 Å². The number of aromatic nitrogens is 2. The topological polar surface area (TPSA) is 56.5 Å². The molecule has 0 spiro atoms. The van der Waals surface area contributed by atoms with Crippen LogP contribution in [0.2, 0.25) is 0 Å². The smallest absolute Gasteiger partial charge is 0.161 e. The van der Waals surface area contributed by atoms with Crippen molar-refractivity contribution in [2.45, 2.75) is 19.9 Å². The van der Waals surface area contributed by atoms with E-state index in [0.29, 0.717) is 5.75 Å². The molecule has 1 heterocycles. The second-order valence-corrected chi connectivity index (χ2v) is 4.68. The molecule has 0 saturated carbocycles. The van der Waals surface area contributed by atoms with Gasteiger partial charge in [-0.15, -0.1) is 0 Å². The SMILES string of the molecule is COCCCn1cc(-c2cc(C)c(O)c(OC)c2)cn1. The molecule has 5 nitrogen and oxygen atoms in total. The van der Waals surface area contributed by atoms with Crippen molar-refractivity contribution in [3.63, 3.8) is 0 Å². The van der Waals surface area contributed by atoms with Gasteiger partial charge in [-0.05, 0) is 36.6 Å². The molecular formula is C15H20N2O3. The summed E-state index contributed by atoms with van der Waals surface area (Å²) in [7, 11) is 3.24. The molecule has 1 aromatic heterocycles. The fraction of sp³-hybridized carbons (Fsp3) is 0.400. The van der Waals surface area contributed by atoms with Gasteiger partial charge in [0, 0.05) is 32.0 Å². The highest BCUT2D eigenvalue weighted by Crippen LogP contribution is 2.34. The van der Waals surface area contributed by atoms with Gasteiger partial charge in [-0.3, -0.25) is 4.68 Å². The molecule has 0 fully saturated rings. The Hall–Kier alpha value is -2.01. The van der Waals surface area contributed by atoms with E-state index in [1.54, 1.807) is 14.2 Å². The van der Waals surface area contributed by atoms with Crippen molar-refractivity contribution >= 4 is 0 Å². The van der Waals surface area contributed by atoms with Crippen molar-refractivity contribution in [1.29, 1.82) is 0 Å². The predicted octanol–water partition coefficient (Wildman–Crippen LogP) is 2.61. The average Bonchev–Trinajstić information content (AvgIpc) is 2.91. The zero-order valence-corrected chi connectivity index (χ0v) is 12.1. The number of aromatic hydroxyl groups is 1. The summed E-state index contributed by atoms with van der Waals surface area (Å²) in [6.45, 7) is 3.40. The van der Waals surface area contributed by atoms with Crippen LogP contribution in [0, 0.1) is 6.92 Å². The summed E-state index contributed by atoms with van der Waals surface area (Å²) in [5, 5.41) is 14.2. The largest absolute Gasteiger partial charge is 0.504 e. The van der Waals surface area contributed by atoms with Gasteiger partial charge in [0.1, 0.15) is 0 Å². The molecule has 0 aliphatic rings. The first-order valence-corrected chi connectivity index (χ1v) is 6.55. The third kappa shape index (κ3) is 3.11. The van der Waals surface area contributed by atoms with Gasteiger partial charge in [0.15, 0.2) is 11.5 Å². The van der Waals surface area contributed by atoms with Crippen LogP contribution in [0.1, 0.15) is 12.0 Å². The Morgan fingerprint density at radius 2 is 2.05 bits per heavy atom. The summed E-state index contributed by atoms with van der Waals surface area (Å²) in [6.07, 6.45) is 4.73. The number of phenols is 1. The van der Waals surface area contributed by atoms with Crippen molar-refractivity contribution in [2.24, 2.45) is 0 Å². The molecule has 2 rings (SSSR count). The minimum absolute atomic E-state index is 0.184. The molecule has 0 bridgehead atoms. The second kappa shape index (κ2) is 6.43. The van der Waals surface area contributed by atoms with Crippen molar-refractivity contribution in [1.82, 2.24) is 9.78 Å². The van der Waals surface area contributed by atoms with Crippen LogP contribution >= 0.6 is 0 Å². The van der Waals surface area contributed by atoms with E-state index >= 15 is 0 Å². The van der Waals surface area contributed by atoms with Gasteiger partial charge in [-0.25, -0.2) is 0 Å². The Bertz CT molecular complexity index is 578. The Kier molecular flexibility index (Phi) is 4.63. The first-order chi connectivity index (χ1) is 9.65. The van der Waals surface area contributed by atoms with E-state index in [-0.39, 0.29) is 5.75 Å². The first kappa shape index (κ1) is 14.4. The minimum atomic E-state index is 0.184. The Morgan fingerprint density at radius 3 is 2.75 bits per heavy atom. The lowest BCUT2D eigenvalue weighted by molar-refractivity contribution is 0.189. The van der Waals surface area contributed by atoms with E-state index in [2.05, 4.69) is 5.10 Å². The fourth-order valence-corrected chi connectivity index (χ4v) is 2.08. The van der Waals surface area contributed by atoms with Crippen LogP contribution in [0.4, 0.5) is 0 Å².